The number of nitrogens with zero attached hydrogens (tertiary/aromatic N) is 1. The molecule has 0 bridgehead atoms. The van der Waals surface area contributed by atoms with Gasteiger partial charge in [0.05, 0.1) is 28.4 Å². The van der Waals surface area contributed by atoms with Crippen LogP contribution in [0.1, 0.15) is 5.56 Å². The highest BCUT2D eigenvalue weighted by Crippen LogP contribution is 2.41. The molecule has 0 spiro atoms. The van der Waals surface area contributed by atoms with Crippen LogP contribution in [0.15, 0.2) is 40.9 Å². The zero-order chi connectivity index (χ0) is 18.7. The van der Waals surface area contributed by atoms with E-state index in [1.54, 1.807) is 28.4 Å². The Morgan fingerprint density at radius 3 is 1.92 bits per heavy atom. The minimum absolute atomic E-state index is 0.535. The summed E-state index contributed by atoms with van der Waals surface area (Å²) in [6.45, 7) is 1.98. The third-order valence-electron chi connectivity index (χ3n) is 4.15. The lowest BCUT2D eigenvalue weighted by atomic mass is 10.1. The molecule has 3 rings (SSSR count). The zero-order valence-corrected chi connectivity index (χ0v) is 15.5. The van der Waals surface area contributed by atoms with Crippen LogP contribution in [-0.2, 0) is 0 Å². The second-order valence-electron chi connectivity index (χ2n) is 5.67. The lowest BCUT2D eigenvalue weighted by Gasteiger charge is -2.13. The van der Waals surface area contributed by atoms with Gasteiger partial charge >= 0.3 is 0 Å². The number of benzene rings is 2. The molecule has 0 saturated carbocycles. The first kappa shape index (κ1) is 17.7. The van der Waals surface area contributed by atoms with E-state index in [0.717, 1.165) is 22.4 Å². The highest BCUT2D eigenvalue weighted by atomic mass is 16.5. The van der Waals surface area contributed by atoms with Gasteiger partial charge in [0, 0.05) is 17.2 Å². The molecule has 0 fully saturated rings. The van der Waals surface area contributed by atoms with Gasteiger partial charge in [0.1, 0.15) is 11.4 Å². The van der Waals surface area contributed by atoms with Crippen LogP contribution < -0.4 is 18.9 Å². The zero-order valence-electron chi connectivity index (χ0n) is 15.5. The normalized spacial score (nSPS) is 10.5. The molecule has 6 nitrogen and oxygen atoms in total. The van der Waals surface area contributed by atoms with Gasteiger partial charge in [-0.15, -0.1) is 0 Å². The first-order valence-electron chi connectivity index (χ1n) is 8.03. The molecule has 0 aliphatic carbocycles. The Balaban J connectivity index is 2.01. The van der Waals surface area contributed by atoms with Crippen molar-refractivity contribution in [2.45, 2.75) is 6.92 Å². The predicted molar refractivity (Wildman–Crippen MR) is 98.3 cm³/mol. The first-order valence-corrected chi connectivity index (χ1v) is 8.03. The van der Waals surface area contributed by atoms with Gasteiger partial charge in [-0.2, -0.15) is 0 Å². The SMILES string of the molecule is COc1ccc(-c2cc(-c3cc(OC)c(OC)c(OC)c3)no2)cc1C. The fraction of sp³-hybridized carbons (Fsp3) is 0.250. The van der Waals surface area contributed by atoms with Crippen LogP contribution >= 0.6 is 0 Å². The summed E-state index contributed by atoms with van der Waals surface area (Å²) in [4.78, 5) is 0. The van der Waals surface area contributed by atoms with Crippen LogP contribution in [0.5, 0.6) is 23.0 Å². The Morgan fingerprint density at radius 1 is 0.731 bits per heavy atom. The fourth-order valence-corrected chi connectivity index (χ4v) is 2.81. The van der Waals surface area contributed by atoms with Crippen LogP contribution in [0.3, 0.4) is 0 Å². The average molecular weight is 355 g/mol. The molecule has 1 heterocycles. The third kappa shape index (κ3) is 3.18. The topological polar surface area (TPSA) is 63.0 Å². The van der Waals surface area contributed by atoms with Crippen molar-refractivity contribution in [1.29, 1.82) is 0 Å². The molecule has 26 heavy (non-hydrogen) atoms. The molecule has 0 saturated heterocycles. The Hall–Kier alpha value is -3.15. The van der Waals surface area contributed by atoms with Gasteiger partial charge < -0.3 is 23.5 Å². The molecule has 0 aliphatic heterocycles. The molecule has 6 heteroatoms. The van der Waals surface area contributed by atoms with Crippen molar-refractivity contribution in [3.05, 3.63) is 42.0 Å². The van der Waals surface area contributed by atoms with Gasteiger partial charge in [-0.1, -0.05) is 5.16 Å². The molecule has 3 aromatic rings. The lowest BCUT2D eigenvalue weighted by Crippen LogP contribution is -1.95. The van der Waals surface area contributed by atoms with Crippen molar-refractivity contribution in [1.82, 2.24) is 5.16 Å². The predicted octanol–water partition coefficient (Wildman–Crippen LogP) is 4.35. The Morgan fingerprint density at radius 2 is 1.38 bits per heavy atom. The second-order valence-corrected chi connectivity index (χ2v) is 5.67. The van der Waals surface area contributed by atoms with Crippen molar-refractivity contribution in [2.24, 2.45) is 0 Å². The molecule has 0 radical (unpaired) electrons. The number of hydrogen-bond acceptors (Lipinski definition) is 6. The number of aryl methyl sites for hydroxylation is 1. The quantitative estimate of drug-likeness (QED) is 0.655. The van der Waals surface area contributed by atoms with Crippen LogP contribution in [0, 0.1) is 6.92 Å². The monoisotopic (exact) mass is 355 g/mol. The van der Waals surface area contributed by atoms with E-state index in [1.807, 2.05) is 43.3 Å². The third-order valence-corrected chi connectivity index (χ3v) is 4.15. The van der Waals surface area contributed by atoms with Crippen LogP contribution in [0.2, 0.25) is 0 Å². The van der Waals surface area contributed by atoms with E-state index in [1.165, 1.54) is 0 Å². The molecule has 0 N–H and O–H groups in total. The van der Waals surface area contributed by atoms with Gasteiger partial charge in [-0.3, -0.25) is 0 Å². The van der Waals surface area contributed by atoms with Gasteiger partial charge in [-0.25, -0.2) is 0 Å². The molecular weight excluding hydrogens is 334 g/mol. The minimum atomic E-state index is 0.535. The largest absolute Gasteiger partial charge is 0.496 e. The molecular formula is C20H21NO5. The van der Waals surface area contributed by atoms with E-state index in [9.17, 15) is 0 Å². The summed E-state index contributed by atoms with van der Waals surface area (Å²) < 4.78 is 27.0. The summed E-state index contributed by atoms with van der Waals surface area (Å²) >= 11 is 0. The lowest BCUT2D eigenvalue weighted by molar-refractivity contribution is 0.324. The highest BCUT2D eigenvalue weighted by Gasteiger charge is 2.17. The highest BCUT2D eigenvalue weighted by molar-refractivity contribution is 5.72. The van der Waals surface area contributed by atoms with E-state index < -0.39 is 0 Å². The second kappa shape index (κ2) is 7.39. The maximum atomic E-state index is 5.53. The van der Waals surface area contributed by atoms with Gasteiger partial charge in [0.2, 0.25) is 5.75 Å². The number of methoxy groups -OCH3 is 4. The summed E-state index contributed by atoms with van der Waals surface area (Å²) in [5.74, 6) is 3.16. The van der Waals surface area contributed by atoms with E-state index in [4.69, 9.17) is 23.5 Å². The number of aromatic nitrogens is 1. The van der Waals surface area contributed by atoms with Crippen molar-refractivity contribution in [3.8, 4) is 45.6 Å². The Bertz CT molecular complexity index is 891. The van der Waals surface area contributed by atoms with E-state index in [-0.39, 0.29) is 0 Å². The molecule has 0 aliphatic rings. The van der Waals surface area contributed by atoms with E-state index >= 15 is 0 Å². The molecule has 0 atom stereocenters. The summed E-state index contributed by atoms with van der Waals surface area (Å²) in [5, 5.41) is 4.18. The molecule has 0 amide bonds. The maximum Gasteiger partial charge on any atom is 0.203 e. The molecule has 1 aromatic heterocycles. The fourth-order valence-electron chi connectivity index (χ4n) is 2.81. The van der Waals surface area contributed by atoms with Gasteiger partial charge in [0.25, 0.3) is 0 Å². The first-order chi connectivity index (χ1) is 12.6. The summed E-state index contributed by atoms with van der Waals surface area (Å²) in [5.41, 5.74) is 3.43. The van der Waals surface area contributed by atoms with Crippen LogP contribution in [0.25, 0.3) is 22.6 Å². The van der Waals surface area contributed by atoms with E-state index in [0.29, 0.717) is 28.7 Å². The standard InChI is InChI=1S/C20H21NO5/c1-12-8-13(6-7-16(12)22-2)17-11-15(21-26-17)14-9-18(23-3)20(25-5)19(10-14)24-4/h6-11H,1-5H3. The number of rotatable bonds is 6. The Labute approximate surface area is 152 Å². The van der Waals surface area contributed by atoms with Gasteiger partial charge in [-0.05, 0) is 42.8 Å². The van der Waals surface area contributed by atoms with Crippen LogP contribution in [-0.4, -0.2) is 33.6 Å². The molecule has 2 aromatic carbocycles. The van der Waals surface area contributed by atoms with Crippen molar-refractivity contribution >= 4 is 0 Å². The number of hydrogen-bond donors (Lipinski definition) is 0. The average Bonchev–Trinajstić information content (AvgIpc) is 3.16. The Kier molecular flexibility index (Phi) is 5.02. The van der Waals surface area contributed by atoms with Crippen molar-refractivity contribution < 1.29 is 23.5 Å². The number of ether oxygens (including phenoxy) is 4. The minimum Gasteiger partial charge on any atom is -0.496 e. The maximum absolute atomic E-state index is 5.53. The molecule has 0 unspecified atom stereocenters. The smallest absolute Gasteiger partial charge is 0.203 e. The summed E-state index contributed by atoms with van der Waals surface area (Å²) in [6.07, 6.45) is 0. The van der Waals surface area contributed by atoms with Gasteiger partial charge in [0.15, 0.2) is 17.3 Å². The van der Waals surface area contributed by atoms with E-state index in [2.05, 4.69) is 5.16 Å². The molecule has 136 valence electrons. The van der Waals surface area contributed by atoms with Crippen LogP contribution in [0.4, 0.5) is 0 Å². The van der Waals surface area contributed by atoms with Crippen molar-refractivity contribution in [3.63, 3.8) is 0 Å². The summed E-state index contributed by atoms with van der Waals surface area (Å²) in [7, 11) is 6.38. The summed E-state index contributed by atoms with van der Waals surface area (Å²) in [6, 6.07) is 11.4. The van der Waals surface area contributed by atoms with Crippen molar-refractivity contribution in [2.75, 3.05) is 28.4 Å².